The maximum Gasteiger partial charge on any atom is 0.250 e. The van der Waals surface area contributed by atoms with Crippen molar-refractivity contribution in [3.63, 3.8) is 0 Å². The summed E-state index contributed by atoms with van der Waals surface area (Å²) in [5, 5.41) is 0. The molecule has 0 aliphatic rings. The van der Waals surface area contributed by atoms with Crippen LogP contribution in [0.25, 0.3) is 11.4 Å². The van der Waals surface area contributed by atoms with Crippen LogP contribution >= 0.6 is 92.8 Å². The second-order valence-electron chi connectivity index (χ2n) is 5.21. The van der Waals surface area contributed by atoms with E-state index >= 15 is 0 Å². The average molecular weight is 532 g/mol. The molecule has 0 saturated heterocycles. The number of rotatable bonds is 6. The molecule has 2 rings (SSSR count). The van der Waals surface area contributed by atoms with Gasteiger partial charge in [-0.25, -0.2) is 15.0 Å². The number of alkyl halides is 8. The van der Waals surface area contributed by atoms with Crippen molar-refractivity contribution in [2.75, 3.05) is 29.7 Å². The molecular formula is C15H12Cl8N4. The number of nitrogens with zero attached hydrogens (tertiary/aromatic N) is 4. The number of benzene rings is 1. The van der Waals surface area contributed by atoms with Gasteiger partial charge in [0.05, 0.1) is 0 Å². The van der Waals surface area contributed by atoms with Crippen molar-refractivity contribution in [1.29, 1.82) is 0 Å². The molecule has 4 nitrogen and oxygen atoms in total. The molecule has 0 radical (unpaired) electrons. The van der Waals surface area contributed by atoms with Crippen LogP contribution in [0.1, 0.15) is 11.6 Å². The summed E-state index contributed by atoms with van der Waals surface area (Å²) in [6.45, 7) is 1.32. The largest absolute Gasteiger partial charge is 0.369 e. The highest BCUT2D eigenvalue weighted by Gasteiger charge is 2.34. The minimum Gasteiger partial charge on any atom is -0.369 e. The third kappa shape index (κ3) is 6.68. The summed E-state index contributed by atoms with van der Waals surface area (Å²) in [5.41, 5.74) is 1.57. The summed E-state index contributed by atoms with van der Waals surface area (Å²) >= 11 is 47.0. The summed E-state index contributed by atoms with van der Waals surface area (Å²) in [5.74, 6) is 0.875. The fourth-order valence-electron chi connectivity index (χ4n) is 2.15. The fourth-order valence-corrected chi connectivity index (χ4v) is 3.07. The molecule has 0 amide bonds. The average Bonchev–Trinajstić information content (AvgIpc) is 2.60. The molecule has 0 aliphatic carbocycles. The number of halogens is 8. The molecule has 0 spiro atoms. The van der Waals surface area contributed by atoms with E-state index in [1.807, 2.05) is 12.1 Å². The third-order valence-corrected chi connectivity index (χ3v) is 4.69. The number of hydrogen-bond donors (Lipinski definition) is 0. The molecule has 0 saturated carbocycles. The Kier molecular flexibility index (Phi) is 8.67. The van der Waals surface area contributed by atoms with E-state index in [0.717, 1.165) is 5.69 Å². The zero-order chi connectivity index (χ0) is 20.2. The number of anilines is 1. The van der Waals surface area contributed by atoms with E-state index in [1.165, 1.54) is 0 Å². The second kappa shape index (κ2) is 9.90. The monoisotopic (exact) mass is 528 g/mol. The first-order chi connectivity index (χ1) is 12.6. The lowest BCUT2D eigenvalue weighted by Crippen LogP contribution is -2.27. The zero-order valence-corrected chi connectivity index (χ0v) is 19.5. The molecule has 0 N–H and O–H groups in total. The van der Waals surface area contributed by atoms with Crippen molar-refractivity contribution in [3.8, 4) is 11.4 Å². The molecule has 0 bridgehead atoms. The van der Waals surface area contributed by atoms with Gasteiger partial charge < -0.3 is 4.90 Å². The summed E-state index contributed by atoms with van der Waals surface area (Å²) < 4.78 is -3.81. The lowest BCUT2D eigenvalue weighted by molar-refractivity contribution is 0.850. The predicted molar refractivity (Wildman–Crippen MR) is 117 cm³/mol. The van der Waals surface area contributed by atoms with Gasteiger partial charge in [-0.05, 0) is 24.3 Å². The fraction of sp³-hybridized carbons (Fsp3) is 0.400. The highest BCUT2D eigenvalue weighted by molar-refractivity contribution is 6.67. The zero-order valence-electron chi connectivity index (χ0n) is 13.5. The second-order valence-corrected chi connectivity index (χ2v) is 10.5. The maximum atomic E-state index is 5.89. The first-order valence-electron chi connectivity index (χ1n) is 7.44. The third-order valence-electron chi connectivity index (χ3n) is 3.34. The molecule has 2 aromatic rings. The molecule has 148 valence electrons. The van der Waals surface area contributed by atoms with Crippen molar-refractivity contribution < 1.29 is 0 Å². The Bertz CT molecular complexity index is 720. The molecule has 1 heterocycles. The summed E-state index contributed by atoms with van der Waals surface area (Å²) in [6, 6.07) is 7.35. The molecule has 27 heavy (non-hydrogen) atoms. The Morgan fingerprint density at radius 3 is 1.52 bits per heavy atom. The summed E-state index contributed by atoms with van der Waals surface area (Å²) in [6.07, 6.45) is 0. The lowest BCUT2D eigenvalue weighted by Gasteiger charge is -2.23. The Balaban J connectivity index is 2.45. The van der Waals surface area contributed by atoms with Crippen molar-refractivity contribution in [2.24, 2.45) is 0 Å². The Morgan fingerprint density at radius 2 is 1.15 bits per heavy atom. The van der Waals surface area contributed by atoms with E-state index in [1.54, 1.807) is 12.1 Å². The Hall–Kier alpha value is 0.350. The van der Waals surface area contributed by atoms with E-state index < -0.39 is 7.59 Å². The van der Waals surface area contributed by atoms with E-state index in [-0.39, 0.29) is 17.5 Å². The molecule has 0 atom stereocenters. The Labute approximate surface area is 197 Å². The highest BCUT2D eigenvalue weighted by atomic mass is 35.6. The van der Waals surface area contributed by atoms with Gasteiger partial charge >= 0.3 is 0 Å². The SMILES string of the molecule is ClCCN(CCCl)c1ccc(-c2nc(C(Cl)(Cl)Cl)nc(C(Cl)(Cl)Cl)n2)cc1. The smallest absolute Gasteiger partial charge is 0.250 e. The van der Waals surface area contributed by atoms with Crippen molar-refractivity contribution in [1.82, 2.24) is 15.0 Å². The maximum absolute atomic E-state index is 5.89. The van der Waals surface area contributed by atoms with Crippen LogP contribution in [0.3, 0.4) is 0 Å². The van der Waals surface area contributed by atoms with E-state index in [4.69, 9.17) is 92.8 Å². The molecule has 1 aromatic heterocycles. The van der Waals surface area contributed by atoms with Crippen molar-refractivity contribution in [2.45, 2.75) is 7.59 Å². The molecule has 12 heteroatoms. The molecule has 1 aromatic carbocycles. The quantitative estimate of drug-likeness (QED) is 0.400. The minimum atomic E-state index is -1.90. The van der Waals surface area contributed by atoms with Gasteiger partial charge in [-0.15, -0.1) is 23.2 Å². The van der Waals surface area contributed by atoms with Gasteiger partial charge in [-0.1, -0.05) is 69.6 Å². The van der Waals surface area contributed by atoms with Gasteiger partial charge in [-0.2, -0.15) is 0 Å². The van der Waals surface area contributed by atoms with Crippen LogP contribution in [-0.4, -0.2) is 39.8 Å². The topological polar surface area (TPSA) is 41.9 Å². The van der Waals surface area contributed by atoms with Crippen LogP contribution < -0.4 is 4.90 Å². The van der Waals surface area contributed by atoms with Crippen molar-refractivity contribution >= 4 is 98.5 Å². The first-order valence-corrected chi connectivity index (χ1v) is 10.8. The highest BCUT2D eigenvalue weighted by Crippen LogP contribution is 2.40. The molecule has 0 aliphatic heterocycles. The van der Waals surface area contributed by atoms with Crippen molar-refractivity contribution in [3.05, 3.63) is 35.9 Å². The molecule has 0 fully saturated rings. The van der Waals surface area contributed by atoms with E-state index in [9.17, 15) is 0 Å². The minimum absolute atomic E-state index is 0.145. The summed E-state index contributed by atoms with van der Waals surface area (Å²) in [7, 11) is 0. The van der Waals surface area contributed by atoms with Crippen LogP contribution in [0.5, 0.6) is 0 Å². The van der Waals surface area contributed by atoms with Crippen LogP contribution in [0, 0.1) is 0 Å². The van der Waals surface area contributed by atoms with Crippen LogP contribution in [0.15, 0.2) is 24.3 Å². The lowest BCUT2D eigenvalue weighted by atomic mass is 10.2. The van der Waals surface area contributed by atoms with Crippen LogP contribution in [0.4, 0.5) is 5.69 Å². The first kappa shape index (κ1) is 23.6. The van der Waals surface area contributed by atoms with E-state index in [2.05, 4.69) is 19.9 Å². The Morgan fingerprint density at radius 1 is 0.704 bits per heavy atom. The van der Waals surface area contributed by atoms with Gasteiger partial charge in [0.2, 0.25) is 7.59 Å². The standard InChI is InChI=1S/C15H12Cl8N4/c16-5-7-27(8-6-17)10-3-1-9(2-4-10)11-24-12(14(18,19)20)26-13(25-11)15(21,22)23/h1-4H,5-8H2. The van der Waals surface area contributed by atoms with Gasteiger partial charge in [0, 0.05) is 36.1 Å². The van der Waals surface area contributed by atoms with Gasteiger partial charge in [0.1, 0.15) is 0 Å². The van der Waals surface area contributed by atoms with Crippen LogP contribution in [0.2, 0.25) is 0 Å². The predicted octanol–water partition coefficient (Wildman–Crippen LogP) is 6.48. The van der Waals surface area contributed by atoms with Gasteiger partial charge in [0.25, 0.3) is 0 Å². The summed E-state index contributed by atoms with van der Waals surface area (Å²) in [4.78, 5) is 14.4. The van der Waals surface area contributed by atoms with E-state index in [0.29, 0.717) is 30.4 Å². The number of aromatic nitrogens is 3. The number of hydrogen-bond acceptors (Lipinski definition) is 4. The molecule has 0 unspecified atom stereocenters. The van der Waals surface area contributed by atoms with Gasteiger partial charge in [-0.3, -0.25) is 0 Å². The normalized spacial score (nSPS) is 12.3. The van der Waals surface area contributed by atoms with Gasteiger partial charge in [0.15, 0.2) is 17.5 Å². The molecular weight excluding hydrogens is 520 g/mol. The van der Waals surface area contributed by atoms with Crippen LogP contribution in [-0.2, 0) is 7.59 Å².